The van der Waals surface area contributed by atoms with Crippen LogP contribution in [0.1, 0.15) is 12.0 Å². The van der Waals surface area contributed by atoms with E-state index >= 15 is 0 Å². The molecule has 0 bridgehead atoms. The fourth-order valence-corrected chi connectivity index (χ4v) is 2.69. The summed E-state index contributed by atoms with van der Waals surface area (Å²) in [4.78, 5) is 4.40. The van der Waals surface area contributed by atoms with Gasteiger partial charge in [0.1, 0.15) is 0 Å². The van der Waals surface area contributed by atoms with Gasteiger partial charge in [-0.1, -0.05) is 30.3 Å². The molecule has 0 atom stereocenters. The second-order valence-electron chi connectivity index (χ2n) is 5.68. The van der Waals surface area contributed by atoms with Gasteiger partial charge in [0.25, 0.3) is 0 Å². The fourth-order valence-electron chi connectivity index (χ4n) is 2.69. The number of para-hydroxylation sites is 1. The first-order chi connectivity index (χ1) is 11.2. The largest absolute Gasteiger partial charge is 0.370 e. The van der Waals surface area contributed by atoms with E-state index in [0.29, 0.717) is 12.5 Å². The molecule has 5 heteroatoms. The minimum atomic E-state index is 0. The summed E-state index contributed by atoms with van der Waals surface area (Å²) in [7, 11) is 0. The van der Waals surface area contributed by atoms with Gasteiger partial charge in [0.2, 0.25) is 0 Å². The van der Waals surface area contributed by atoms with E-state index in [1.165, 1.54) is 16.5 Å². The van der Waals surface area contributed by atoms with Crippen molar-refractivity contribution in [1.29, 1.82) is 0 Å². The molecule has 0 unspecified atom stereocenters. The molecular formula is C19H23IN4. The van der Waals surface area contributed by atoms with E-state index in [9.17, 15) is 0 Å². The van der Waals surface area contributed by atoms with Gasteiger partial charge in [0.15, 0.2) is 5.96 Å². The van der Waals surface area contributed by atoms with Gasteiger partial charge in [0, 0.05) is 30.5 Å². The predicted molar refractivity (Wildman–Crippen MR) is 113 cm³/mol. The van der Waals surface area contributed by atoms with Gasteiger partial charge in [-0.15, -0.1) is 24.0 Å². The Morgan fingerprint density at radius 1 is 1.12 bits per heavy atom. The van der Waals surface area contributed by atoms with Crippen LogP contribution in [0, 0.1) is 6.92 Å². The molecule has 1 heterocycles. The van der Waals surface area contributed by atoms with E-state index in [1.807, 2.05) is 18.2 Å². The molecule has 0 saturated carbocycles. The molecule has 126 valence electrons. The van der Waals surface area contributed by atoms with Crippen molar-refractivity contribution in [3.63, 3.8) is 0 Å². The zero-order chi connectivity index (χ0) is 16.1. The van der Waals surface area contributed by atoms with Crippen LogP contribution in [0.3, 0.4) is 0 Å². The third-order valence-electron chi connectivity index (χ3n) is 3.81. The number of halogens is 1. The summed E-state index contributed by atoms with van der Waals surface area (Å²) in [5.74, 6) is 0.466. The summed E-state index contributed by atoms with van der Waals surface area (Å²) in [6.45, 7) is 3.70. The first-order valence-electron chi connectivity index (χ1n) is 7.90. The predicted octanol–water partition coefficient (Wildman–Crippen LogP) is 4.38. The molecule has 24 heavy (non-hydrogen) atoms. The van der Waals surface area contributed by atoms with Crippen molar-refractivity contribution in [2.24, 2.45) is 10.7 Å². The normalized spacial score (nSPS) is 11.3. The van der Waals surface area contributed by atoms with Gasteiger partial charge >= 0.3 is 0 Å². The van der Waals surface area contributed by atoms with Crippen LogP contribution in [0.25, 0.3) is 10.9 Å². The van der Waals surface area contributed by atoms with Crippen LogP contribution in [0.5, 0.6) is 0 Å². The van der Waals surface area contributed by atoms with E-state index in [2.05, 4.69) is 64.4 Å². The number of rotatable bonds is 5. The molecule has 0 aliphatic carbocycles. The summed E-state index contributed by atoms with van der Waals surface area (Å²) in [5, 5.41) is 4.40. The van der Waals surface area contributed by atoms with Crippen LogP contribution in [0.4, 0.5) is 5.69 Å². The van der Waals surface area contributed by atoms with Crippen molar-refractivity contribution in [2.75, 3.05) is 11.9 Å². The second kappa shape index (κ2) is 8.73. The summed E-state index contributed by atoms with van der Waals surface area (Å²) in [6, 6.07) is 18.7. The zero-order valence-electron chi connectivity index (χ0n) is 13.8. The highest BCUT2D eigenvalue weighted by Gasteiger charge is 1.99. The molecule has 0 amide bonds. The van der Waals surface area contributed by atoms with E-state index < -0.39 is 0 Å². The van der Waals surface area contributed by atoms with E-state index in [-0.39, 0.29) is 24.0 Å². The molecule has 0 saturated heterocycles. The number of aliphatic imine (C=N–C) groups is 1. The average Bonchev–Trinajstić information content (AvgIpc) is 2.95. The van der Waals surface area contributed by atoms with E-state index in [0.717, 1.165) is 18.7 Å². The van der Waals surface area contributed by atoms with Crippen LogP contribution >= 0.6 is 24.0 Å². The molecule has 0 fully saturated rings. The summed E-state index contributed by atoms with van der Waals surface area (Å²) in [5.41, 5.74) is 9.38. The third kappa shape index (κ3) is 4.74. The molecule has 1 aromatic heterocycles. The summed E-state index contributed by atoms with van der Waals surface area (Å²) in [6.07, 6.45) is 3.08. The Kier molecular flexibility index (Phi) is 6.66. The van der Waals surface area contributed by atoms with Gasteiger partial charge in [-0.2, -0.15) is 0 Å². The number of nitrogens with one attached hydrogen (secondary N) is 1. The highest BCUT2D eigenvalue weighted by atomic mass is 127. The number of hydrogen-bond donors (Lipinski definition) is 2. The quantitative estimate of drug-likeness (QED) is 0.271. The minimum Gasteiger partial charge on any atom is -0.370 e. The van der Waals surface area contributed by atoms with Gasteiger partial charge < -0.3 is 15.6 Å². The molecule has 3 N–H and O–H groups in total. The van der Waals surface area contributed by atoms with Crippen molar-refractivity contribution < 1.29 is 0 Å². The topological polar surface area (TPSA) is 55.3 Å². The van der Waals surface area contributed by atoms with E-state index in [1.54, 1.807) is 0 Å². The van der Waals surface area contributed by atoms with Crippen LogP contribution in [-0.2, 0) is 6.54 Å². The first-order valence-corrected chi connectivity index (χ1v) is 7.90. The van der Waals surface area contributed by atoms with Gasteiger partial charge in [-0.3, -0.25) is 4.99 Å². The lowest BCUT2D eigenvalue weighted by Crippen LogP contribution is -2.23. The number of benzene rings is 2. The fraction of sp³-hybridized carbons (Fsp3) is 0.211. The molecule has 4 nitrogen and oxygen atoms in total. The Balaban J connectivity index is 0.00000208. The molecule has 0 aliphatic heterocycles. The van der Waals surface area contributed by atoms with Crippen LogP contribution in [0.2, 0.25) is 0 Å². The number of nitrogens with zero attached hydrogens (tertiary/aromatic N) is 2. The Bertz CT molecular complexity index is 823. The molecule has 2 aromatic carbocycles. The Morgan fingerprint density at radius 3 is 2.79 bits per heavy atom. The summed E-state index contributed by atoms with van der Waals surface area (Å²) < 4.78 is 2.26. The lowest BCUT2D eigenvalue weighted by atomic mass is 10.2. The molecular weight excluding hydrogens is 411 g/mol. The standard InChI is InChI=1S/C19H22N4.HI/c1-15-6-4-8-17(14-15)22-19(20)21-11-5-12-23-13-10-16-7-2-3-9-18(16)23;/h2-4,6-10,13-14H,5,11-12H2,1H3,(H3,20,21,22);1H. The number of aryl methyl sites for hydroxylation is 2. The lowest BCUT2D eigenvalue weighted by Gasteiger charge is -2.07. The van der Waals surface area contributed by atoms with Crippen molar-refractivity contribution in [1.82, 2.24) is 4.57 Å². The maximum atomic E-state index is 5.94. The van der Waals surface area contributed by atoms with Crippen molar-refractivity contribution in [3.05, 3.63) is 66.4 Å². The van der Waals surface area contributed by atoms with Gasteiger partial charge in [0.05, 0.1) is 0 Å². The lowest BCUT2D eigenvalue weighted by molar-refractivity contribution is 0.671. The van der Waals surface area contributed by atoms with Crippen molar-refractivity contribution in [3.8, 4) is 0 Å². The third-order valence-corrected chi connectivity index (χ3v) is 3.81. The Labute approximate surface area is 159 Å². The van der Waals surface area contributed by atoms with Gasteiger partial charge in [-0.25, -0.2) is 0 Å². The minimum absolute atomic E-state index is 0. The second-order valence-corrected chi connectivity index (χ2v) is 5.68. The SMILES string of the molecule is Cc1cccc(NC(N)=NCCCn2ccc3ccccc32)c1.I. The zero-order valence-corrected chi connectivity index (χ0v) is 16.1. The molecule has 0 radical (unpaired) electrons. The monoisotopic (exact) mass is 434 g/mol. The van der Waals surface area contributed by atoms with Crippen molar-refractivity contribution in [2.45, 2.75) is 19.9 Å². The number of nitrogens with two attached hydrogens (primary N) is 1. The van der Waals surface area contributed by atoms with Crippen LogP contribution in [-0.4, -0.2) is 17.1 Å². The Morgan fingerprint density at radius 2 is 1.96 bits per heavy atom. The number of aromatic nitrogens is 1. The first kappa shape index (κ1) is 18.3. The van der Waals surface area contributed by atoms with Crippen LogP contribution in [0.15, 0.2) is 65.8 Å². The number of anilines is 1. The molecule has 0 aliphatic rings. The Hall–Kier alpha value is -2.02. The molecule has 3 rings (SSSR count). The number of guanidine groups is 1. The number of hydrogen-bond acceptors (Lipinski definition) is 1. The molecule has 3 aromatic rings. The highest BCUT2D eigenvalue weighted by molar-refractivity contribution is 14.0. The summed E-state index contributed by atoms with van der Waals surface area (Å²) >= 11 is 0. The smallest absolute Gasteiger partial charge is 0.193 e. The van der Waals surface area contributed by atoms with Gasteiger partial charge in [-0.05, 0) is 48.6 Å². The van der Waals surface area contributed by atoms with Crippen molar-refractivity contribution >= 4 is 46.5 Å². The maximum Gasteiger partial charge on any atom is 0.193 e. The van der Waals surface area contributed by atoms with Crippen LogP contribution < -0.4 is 11.1 Å². The number of fused-ring (bicyclic) bond motifs is 1. The maximum absolute atomic E-state index is 5.94. The highest BCUT2D eigenvalue weighted by Crippen LogP contribution is 2.15. The molecule has 0 spiro atoms. The average molecular weight is 434 g/mol. The van der Waals surface area contributed by atoms with E-state index in [4.69, 9.17) is 5.73 Å².